The highest BCUT2D eigenvalue weighted by molar-refractivity contribution is 5.50. The Balaban J connectivity index is 1.69. The highest BCUT2D eigenvalue weighted by atomic mass is 16.5. The normalized spacial score (nSPS) is 15.8. The minimum atomic E-state index is -0.0387. The molecule has 36 heavy (non-hydrogen) atoms. The van der Waals surface area contributed by atoms with E-state index in [0.29, 0.717) is 24.1 Å². The van der Waals surface area contributed by atoms with Crippen LogP contribution in [0.2, 0.25) is 0 Å². The van der Waals surface area contributed by atoms with E-state index in [-0.39, 0.29) is 12.1 Å². The number of nitrogens with zero attached hydrogens (tertiary/aromatic N) is 6. The van der Waals surface area contributed by atoms with Crippen LogP contribution in [-0.4, -0.2) is 76.5 Å². The molecule has 1 saturated heterocycles. The molecular weight excluding hydrogens is 456 g/mol. The van der Waals surface area contributed by atoms with Crippen LogP contribution in [0.3, 0.4) is 0 Å². The molecule has 2 aromatic heterocycles. The van der Waals surface area contributed by atoms with E-state index in [1.54, 1.807) is 13.4 Å². The quantitative estimate of drug-likeness (QED) is 0.229. The smallest absolute Gasteiger partial charge is 0.328 e. The van der Waals surface area contributed by atoms with Gasteiger partial charge in [-0.05, 0) is 39.3 Å². The lowest BCUT2D eigenvalue weighted by molar-refractivity contribution is 0.177. The summed E-state index contributed by atoms with van der Waals surface area (Å²) in [5, 5.41) is 10.6. The van der Waals surface area contributed by atoms with Gasteiger partial charge in [-0.2, -0.15) is 20.1 Å². The first-order valence-corrected chi connectivity index (χ1v) is 12.4. The Hall–Kier alpha value is -3.50. The number of aromatic amines is 1. The Morgan fingerprint density at radius 2 is 1.97 bits per heavy atom. The zero-order chi connectivity index (χ0) is 25.6. The molecule has 1 aliphatic heterocycles. The summed E-state index contributed by atoms with van der Waals surface area (Å²) in [5.41, 5.74) is 0.955. The number of anilines is 3. The van der Waals surface area contributed by atoms with Gasteiger partial charge < -0.3 is 24.6 Å². The van der Waals surface area contributed by atoms with Crippen LogP contribution in [0.25, 0.3) is 0 Å². The molecular formula is C26H38N8O2. The number of piperazine rings is 1. The highest BCUT2D eigenvalue weighted by Crippen LogP contribution is 2.20. The number of unbranched alkanes of at least 4 members (excludes halogenated alkanes) is 2. The zero-order valence-electron chi connectivity index (χ0n) is 21.6. The Morgan fingerprint density at radius 1 is 1.14 bits per heavy atom. The van der Waals surface area contributed by atoms with E-state index in [1.807, 2.05) is 49.4 Å². The molecule has 2 N–H and O–H groups in total. The standard InChI is InChI=1S/C26H38N8O2/c1-5-7-8-9-10-19-36-26-29-24(28-25(30-26)34-17-15-33(3)16-18-34)27-23-20-21(31-32-23)13-11-14-22(35-4)12-6-2/h5-6,10-12,14,19-20,22H,1,7-9,13,15-18H2,2-4H3,(H2,27,28,29,30,31,32)/b12-6-,14-11-,19-10+. The number of rotatable bonds is 14. The lowest BCUT2D eigenvalue weighted by Gasteiger charge is -2.32. The number of methoxy groups -OCH3 is 1. The molecule has 1 fully saturated rings. The number of allylic oxidation sites excluding steroid dienone is 4. The van der Waals surface area contributed by atoms with E-state index in [0.717, 1.165) is 51.1 Å². The molecule has 1 atom stereocenters. The van der Waals surface area contributed by atoms with Gasteiger partial charge in [-0.15, -0.1) is 6.58 Å². The second-order valence-electron chi connectivity index (χ2n) is 8.50. The fourth-order valence-corrected chi connectivity index (χ4v) is 3.54. The van der Waals surface area contributed by atoms with Gasteiger partial charge in [0, 0.05) is 51.5 Å². The minimum Gasteiger partial charge on any atom is -0.432 e. The number of aromatic nitrogens is 5. The summed E-state index contributed by atoms with van der Waals surface area (Å²) in [6, 6.07) is 2.18. The van der Waals surface area contributed by atoms with Crippen LogP contribution < -0.4 is 15.0 Å². The summed E-state index contributed by atoms with van der Waals surface area (Å²) in [6.45, 7) is 9.29. The predicted octanol–water partition coefficient (Wildman–Crippen LogP) is 4.03. The van der Waals surface area contributed by atoms with E-state index in [1.165, 1.54) is 0 Å². The average Bonchev–Trinajstić information content (AvgIpc) is 3.32. The van der Waals surface area contributed by atoms with Crippen molar-refractivity contribution in [1.82, 2.24) is 30.0 Å². The molecule has 10 heteroatoms. The van der Waals surface area contributed by atoms with Gasteiger partial charge in [-0.25, -0.2) is 0 Å². The van der Waals surface area contributed by atoms with Gasteiger partial charge in [0.2, 0.25) is 11.9 Å². The number of hydrogen-bond donors (Lipinski definition) is 2. The van der Waals surface area contributed by atoms with Crippen molar-refractivity contribution in [3.05, 3.63) is 61.1 Å². The van der Waals surface area contributed by atoms with Crippen molar-refractivity contribution >= 4 is 17.7 Å². The number of ether oxygens (including phenoxy) is 2. The topological polar surface area (TPSA) is 104 Å². The fourth-order valence-electron chi connectivity index (χ4n) is 3.54. The van der Waals surface area contributed by atoms with Crippen LogP contribution in [0.4, 0.5) is 17.7 Å². The van der Waals surface area contributed by atoms with Crippen molar-refractivity contribution in [2.45, 2.75) is 38.7 Å². The Labute approximate surface area is 213 Å². The molecule has 2 aromatic rings. The summed E-state index contributed by atoms with van der Waals surface area (Å²) in [6.07, 6.45) is 17.1. The van der Waals surface area contributed by atoms with Gasteiger partial charge in [-0.1, -0.05) is 30.4 Å². The second kappa shape index (κ2) is 14.8. The fraction of sp³-hybridized carbons (Fsp3) is 0.462. The molecule has 0 spiro atoms. The lowest BCUT2D eigenvalue weighted by Crippen LogP contribution is -2.45. The number of H-pyrrole nitrogens is 1. The molecule has 3 heterocycles. The molecule has 0 saturated carbocycles. The van der Waals surface area contributed by atoms with Crippen LogP contribution in [-0.2, 0) is 11.2 Å². The zero-order valence-corrected chi connectivity index (χ0v) is 21.6. The van der Waals surface area contributed by atoms with E-state index in [4.69, 9.17) is 9.47 Å². The highest BCUT2D eigenvalue weighted by Gasteiger charge is 2.19. The number of hydrogen-bond acceptors (Lipinski definition) is 9. The first-order chi connectivity index (χ1) is 17.6. The third-order valence-corrected chi connectivity index (χ3v) is 5.63. The third-order valence-electron chi connectivity index (χ3n) is 5.63. The summed E-state index contributed by atoms with van der Waals surface area (Å²) < 4.78 is 11.1. The molecule has 0 radical (unpaired) electrons. The van der Waals surface area contributed by atoms with Crippen molar-refractivity contribution < 1.29 is 9.47 Å². The molecule has 0 aliphatic carbocycles. The molecule has 1 unspecified atom stereocenters. The molecule has 194 valence electrons. The second-order valence-corrected chi connectivity index (χ2v) is 8.50. The maximum Gasteiger partial charge on any atom is 0.328 e. The van der Waals surface area contributed by atoms with Gasteiger partial charge in [0.25, 0.3) is 0 Å². The first kappa shape index (κ1) is 27.1. The van der Waals surface area contributed by atoms with Crippen molar-refractivity contribution in [3.63, 3.8) is 0 Å². The van der Waals surface area contributed by atoms with Gasteiger partial charge in [0.1, 0.15) is 0 Å². The third kappa shape index (κ3) is 8.94. The summed E-state index contributed by atoms with van der Waals surface area (Å²) in [4.78, 5) is 18.1. The Bertz CT molecular complexity index is 1020. The Morgan fingerprint density at radius 3 is 2.72 bits per heavy atom. The summed E-state index contributed by atoms with van der Waals surface area (Å²) >= 11 is 0. The average molecular weight is 495 g/mol. The van der Waals surface area contributed by atoms with Gasteiger partial charge in [0.05, 0.1) is 12.4 Å². The maximum atomic E-state index is 5.73. The molecule has 3 rings (SSSR count). The van der Waals surface area contributed by atoms with E-state index in [2.05, 4.69) is 53.9 Å². The summed E-state index contributed by atoms with van der Waals surface area (Å²) in [7, 11) is 3.80. The number of likely N-dealkylation sites (N-methyl/N-ethyl adjacent to an activating group) is 1. The van der Waals surface area contributed by atoms with Gasteiger partial charge in [-0.3, -0.25) is 5.10 Å². The van der Waals surface area contributed by atoms with Gasteiger partial charge >= 0.3 is 6.01 Å². The van der Waals surface area contributed by atoms with Gasteiger partial charge in [0.15, 0.2) is 5.82 Å². The number of nitrogens with one attached hydrogen (secondary N) is 2. The van der Waals surface area contributed by atoms with Crippen LogP contribution in [0.1, 0.15) is 31.9 Å². The minimum absolute atomic E-state index is 0.0387. The molecule has 1 aliphatic rings. The van der Waals surface area contributed by atoms with Crippen LogP contribution in [0, 0.1) is 0 Å². The molecule has 0 bridgehead atoms. The lowest BCUT2D eigenvalue weighted by atomic mass is 10.2. The maximum absolute atomic E-state index is 5.73. The van der Waals surface area contributed by atoms with Crippen molar-refractivity contribution in [3.8, 4) is 6.01 Å². The summed E-state index contributed by atoms with van der Waals surface area (Å²) in [5.74, 6) is 1.59. The Kier molecular flexibility index (Phi) is 11.1. The molecule has 0 aromatic carbocycles. The van der Waals surface area contributed by atoms with Crippen LogP contribution in [0.5, 0.6) is 6.01 Å². The van der Waals surface area contributed by atoms with Crippen molar-refractivity contribution in [1.29, 1.82) is 0 Å². The van der Waals surface area contributed by atoms with Crippen molar-refractivity contribution in [2.24, 2.45) is 0 Å². The molecule has 0 amide bonds. The first-order valence-electron chi connectivity index (χ1n) is 12.4. The monoisotopic (exact) mass is 494 g/mol. The molecule has 10 nitrogen and oxygen atoms in total. The largest absolute Gasteiger partial charge is 0.432 e. The van der Waals surface area contributed by atoms with E-state index >= 15 is 0 Å². The predicted molar refractivity (Wildman–Crippen MR) is 144 cm³/mol. The van der Waals surface area contributed by atoms with Crippen LogP contribution >= 0.6 is 0 Å². The van der Waals surface area contributed by atoms with E-state index in [9.17, 15) is 0 Å². The van der Waals surface area contributed by atoms with Crippen molar-refractivity contribution in [2.75, 3.05) is 50.6 Å². The van der Waals surface area contributed by atoms with E-state index < -0.39 is 0 Å². The van der Waals surface area contributed by atoms with Crippen LogP contribution in [0.15, 0.2) is 55.4 Å². The SMILES string of the molecule is C=CCCC/C=C/Oc1nc(Nc2cc(C/C=C\C(/C=C\C)OC)[nH]n2)nc(N2CCN(C)CC2)n1.